The summed E-state index contributed by atoms with van der Waals surface area (Å²) in [7, 11) is -3.57. The Morgan fingerprint density at radius 2 is 2.26 bits per heavy atom. The lowest BCUT2D eigenvalue weighted by atomic mass is 10.3. The first-order chi connectivity index (χ1) is 8.99. The Labute approximate surface area is 114 Å². The molecule has 6 nitrogen and oxygen atoms in total. The summed E-state index contributed by atoms with van der Waals surface area (Å²) in [6.45, 7) is 1.76. The van der Waals surface area contributed by atoms with Crippen molar-refractivity contribution >= 4 is 27.1 Å². The first kappa shape index (κ1) is 13.9. The van der Waals surface area contributed by atoms with Crippen molar-refractivity contribution in [2.45, 2.75) is 18.2 Å². The minimum Gasteiger partial charge on any atom is -0.363 e. The minimum atomic E-state index is -3.57. The van der Waals surface area contributed by atoms with Crippen LogP contribution in [0.4, 0.5) is 0 Å². The molecule has 1 N–H and O–H groups in total. The van der Waals surface area contributed by atoms with E-state index in [1.165, 1.54) is 18.3 Å². The van der Waals surface area contributed by atoms with E-state index in [1.807, 2.05) is 6.07 Å². The number of Topliss-reactive ketones (excluding diaryl/α,β-unsaturated/α-hetero) is 1. The summed E-state index contributed by atoms with van der Waals surface area (Å²) in [5.41, 5.74) is 0. The van der Waals surface area contributed by atoms with Crippen molar-refractivity contribution in [3.05, 3.63) is 34.3 Å². The van der Waals surface area contributed by atoms with E-state index in [0.717, 1.165) is 17.3 Å². The van der Waals surface area contributed by atoms with Gasteiger partial charge in [-0.05, 0) is 25.5 Å². The molecule has 0 bridgehead atoms. The van der Waals surface area contributed by atoms with E-state index in [1.54, 1.807) is 6.07 Å². The standard InChI is InChI=1S/C11H12N2O4S2/c1-8(14)11-3-2-9(18-11)4-5-13-19(15,16)10-6-12-17-7-10/h2-3,6-7,13H,4-5H2,1H3. The van der Waals surface area contributed by atoms with Gasteiger partial charge in [0.2, 0.25) is 10.0 Å². The molecule has 0 aliphatic heterocycles. The van der Waals surface area contributed by atoms with Crippen LogP contribution in [-0.2, 0) is 16.4 Å². The van der Waals surface area contributed by atoms with Gasteiger partial charge in [-0.25, -0.2) is 13.1 Å². The van der Waals surface area contributed by atoms with Gasteiger partial charge in [0.15, 0.2) is 5.78 Å². The summed E-state index contributed by atoms with van der Waals surface area (Å²) in [4.78, 5) is 12.8. The van der Waals surface area contributed by atoms with E-state index in [0.29, 0.717) is 11.3 Å². The number of ketones is 1. The van der Waals surface area contributed by atoms with Crippen molar-refractivity contribution in [2.24, 2.45) is 0 Å². The Balaban J connectivity index is 1.91. The molecule has 2 aromatic rings. The van der Waals surface area contributed by atoms with Gasteiger partial charge < -0.3 is 4.52 Å². The molecule has 2 aromatic heterocycles. The fourth-order valence-corrected chi connectivity index (χ4v) is 3.21. The Morgan fingerprint density at radius 1 is 1.47 bits per heavy atom. The zero-order chi connectivity index (χ0) is 13.9. The highest BCUT2D eigenvalue weighted by Crippen LogP contribution is 2.17. The molecule has 0 fully saturated rings. The third kappa shape index (κ3) is 3.49. The zero-order valence-corrected chi connectivity index (χ0v) is 11.8. The molecule has 0 spiro atoms. The fourth-order valence-electron chi connectivity index (χ4n) is 1.42. The van der Waals surface area contributed by atoms with Crippen LogP contribution in [0.1, 0.15) is 21.5 Å². The monoisotopic (exact) mass is 300 g/mol. The quantitative estimate of drug-likeness (QED) is 0.816. The molecule has 0 aliphatic rings. The Morgan fingerprint density at radius 3 is 2.84 bits per heavy atom. The topological polar surface area (TPSA) is 89.3 Å². The molecule has 0 amide bonds. The number of thiophene rings is 1. The number of nitrogens with one attached hydrogen (secondary N) is 1. The lowest BCUT2D eigenvalue weighted by molar-refractivity contribution is 0.102. The molecule has 2 heterocycles. The highest BCUT2D eigenvalue weighted by molar-refractivity contribution is 7.89. The van der Waals surface area contributed by atoms with Crippen LogP contribution in [-0.4, -0.2) is 25.9 Å². The van der Waals surface area contributed by atoms with Gasteiger partial charge in [-0.1, -0.05) is 5.16 Å². The predicted molar refractivity (Wildman–Crippen MR) is 69.7 cm³/mol. The third-order valence-corrected chi connectivity index (χ3v) is 5.04. The van der Waals surface area contributed by atoms with E-state index >= 15 is 0 Å². The maximum Gasteiger partial charge on any atom is 0.245 e. The molecule has 0 radical (unpaired) electrons. The van der Waals surface area contributed by atoms with Crippen LogP contribution >= 0.6 is 11.3 Å². The van der Waals surface area contributed by atoms with Crippen LogP contribution < -0.4 is 4.72 Å². The first-order valence-corrected chi connectivity index (χ1v) is 7.78. The van der Waals surface area contributed by atoms with Crippen LogP contribution in [0.15, 0.2) is 34.0 Å². The summed E-state index contributed by atoms with van der Waals surface area (Å²) >= 11 is 1.37. The van der Waals surface area contributed by atoms with Crippen LogP contribution in [0, 0.1) is 0 Å². The molecule has 0 unspecified atom stereocenters. The van der Waals surface area contributed by atoms with Crippen molar-refractivity contribution < 1.29 is 17.7 Å². The number of hydrogen-bond donors (Lipinski definition) is 1. The molecule has 0 saturated carbocycles. The largest absolute Gasteiger partial charge is 0.363 e. The van der Waals surface area contributed by atoms with E-state index in [2.05, 4.69) is 14.4 Å². The normalized spacial score (nSPS) is 11.6. The molecule has 0 atom stereocenters. The Hall–Kier alpha value is -1.51. The number of carbonyl (C=O) groups excluding carboxylic acids is 1. The van der Waals surface area contributed by atoms with Gasteiger partial charge in [-0.2, -0.15) is 0 Å². The highest BCUT2D eigenvalue weighted by atomic mass is 32.2. The van der Waals surface area contributed by atoms with Crippen molar-refractivity contribution in [2.75, 3.05) is 6.54 Å². The average molecular weight is 300 g/mol. The molecule has 0 saturated heterocycles. The number of sulfonamides is 1. The van der Waals surface area contributed by atoms with Crippen LogP contribution in [0.3, 0.4) is 0 Å². The van der Waals surface area contributed by atoms with Gasteiger partial charge in [0, 0.05) is 11.4 Å². The van der Waals surface area contributed by atoms with Gasteiger partial charge in [-0.15, -0.1) is 11.3 Å². The zero-order valence-electron chi connectivity index (χ0n) is 10.1. The van der Waals surface area contributed by atoms with E-state index < -0.39 is 10.0 Å². The van der Waals surface area contributed by atoms with E-state index in [9.17, 15) is 13.2 Å². The van der Waals surface area contributed by atoms with Gasteiger partial charge in [0.05, 0.1) is 11.1 Å². The molecule has 19 heavy (non-hydrogen) atoms. The summed E-state index contributed by atoms with van der Waals surface area (Å²) < 4.78 is 30.4. The summed E-state index contributed by atoms with van der Waals surface area (Å²) in [6, 6.07) is 3.58. The Kier molecular flexibility index (Phi) is 4.13. The molecular weight excluding hydrogens is 288 g/mol. The molecular formula is C11H12N2O4S2. The second-order valence-electron chi connectivity index (χ2n) is 3.83. The van der Waals surface area contributed by atoms with E-state index in [-0.39, 0.29) is 17.2 Å². The molecule has 0 aliphatic carbocycles. The van der Waals surface area contributed by atoms with Crippen LogP contribution in [0.5, 0.6) is 0 Å². The van der Waals surface area contributed by atoms with Crippen molar-refractivity contribution in [1.82, 2.24) is 9.88 Å². The number of rotatable bonds is 6. The average Bonchev–Trinajstić information content (AvgIpc) is 3.00. The summed E-state index contributed by atoms with van der Waals surface area (Å²) in [6.07, 6.45) is 2.74. The molecule has 0 aromatic carbocycles. The molecule has 2 rings (SSSR count). The highest BCUT2D eigenvalue weighted by Gasteiger charge is 2.15. The van der Waals surface area contributed by atoms with Gasteiger partial charge in [-0.3, -0.25) is 4.79 Å². The molecule has 8 heteroatoms. The smallest absolute Gasteiger partial charge is 0.245 e. The van der Waals surface area contributed by atoms with Gasteiger partial charge in [0.25, 0.3) is 0 Å². The fraction of sp³-hybridized carbons (Fsp3) is 0.273. The third-order valence-electron chi connectivity index (χ3n) is 2.39. The lowest BCUT2D eigenvalue weighted by Crippen LogP contribution is -2.25. The maximum absolute atomic E-state index is 11.7. The van der Waals surface area contributed by atoms with Crippen molar-refractivity contribution in [3.63, 3.8) is 0 Å². The number of hydrogen-bond acceptors (Lipinski definition) is 6. The number of nitrogens with zero attached hydrogens (tertiary/aromatic N) is 1. The van der Waals surface area contributed by atoms with Crippen molar-refractivity contribution in [1.29, 1.82) is 0 Å². The number of aromatic nitrogens is 1. The second kappa shape index (κ2) is 5.64. The van der Waals surface area contributed by atoms with Gasteiger partial charge in [0.1, 0.15) is 11.2 Å². The number of carbonyl (C=O) groups is 1. The summed E-state index contributed by atoms with van der Waals surface area (Å²) in [5, 5.41) is 3.35. The SMILES string of the molecule is CC(=O)c1ccc(CCNS(=O)(=O)c2cnoc2)s1. The van der Waals surface area contributed by atoms with E-state index in [4.69, 9.17) is 0 Å². The lowest BCUT2D eigenvalue weighted by Gasteiger charge is -2.02. The Bertz CT molecular complexity index is 659. The second-order valence-corrected chi connectivity index (χ2v) is 6.77. The summed E-state index contributed by atoms with van der Waals surface area (Å²) in [5.74, 6) is 0.0151. The van der Waals surface area contributed by atoms with Crippen molar-refractivity contribution in [3.8, 4) is 0 Å². The van der Waals surface area contributed by atoms with Gasteiger partial charge >= 0.3 is 0 Å². The van der Waals surface area contributed by atoms with Crippen LogP contribution in [0.2, 0.25) is 0 Å². The first-order valence-electron chi connectivity index (χ1n) is 5.48. The van der Waals surface area contributed by atoms with Crippen LogP contribution in [0.25, 0.3) is 0 Å². The minimum absolute atomic E-state index is 0.00287. The molecule has 102 valence electrons. The predicted octanol–water partition coefficient (Wildman–Crippen LogP) is 1.46. The maximum atomic E-state index is 11.7.